The predicted molar refractivity (Wildman–Crippen MR) is 79.7 cm³/mol. The van der Waals surface area contributed by atoms with E-state index in [1.54, 1.807) is 14.2 Å². The number of benzene rings is 1. The van der Waals surface area contributed by atoms with Gasteiger partial charge in [-0.1, -0.05) is 0 Å². The normalized spacial score (nSPS) is 10.8. The largest absolute Gasteiger partial charge is 0.497 e. The third kappa shape index (κ3) is 2.43. The van der Waals surface area contributed by atoms with Gasteiger partial charge in [0, 0.05) is 18.0 Å². The lowest BCUT2D eigenvalue weighted by atomic mass is 10.1. The number of ether oxygens (including phenoxy) is 2. The van der Waals surface area contributed by atoms with Crippen LogP contribution in [0.1, 0.15) is 5.56 Å². The van der Waals surface area contributed by atoms with Crippen molar-refractivity contribution in [2.75, 3.05) is 14.2 Å². The fourth-order valence-corrected chi connectivity index (χ4v) is 2.27. The molecule has 0 radical (unpaired) electrons. The maximum absolute atomic E-state index is 9.20. The van der Waals surface area contributed by atoms with E-state index in [4.69, 9.17) is 9.47 Å². The van der Waals surface area contributed by atoms with Gasteiger partial charge < -0.3 is 19.0 Å². The molecule has 1 aromatic carbocycles. The van der Waals surface area contributed by atoms with Crippen LogP contribution in [0.5, 0.6) is 11.5 Å². The van der Waals surface area contributed by atoms with E-state index >= 15 is 0 Å². The molecule has 21 heavy (non-hydrogen) atoms. The zero-order valence-electron chi connectivity index (χ0n) is 11.9. The van der Waals surface area contributed by atoms with E-state index in [0.29, 0.717) is 0 Å². The molecule has 0 aliphatic heterocycles. The number of rotatable bonds is 4. The summed E-state index contributed by atoms with van der Waals surface area (Å²) in [6.07, 6.45) is 3.80. The summed E-state index contributed by atoms with van der Waals surface area (Å²) in [4.78, 5) is 4.59. The molecule has 0 fully saturated rings. The highest BCUT2D eigenvalue weighted by atomic mass is 16.5. The Morgan fingerprint density at radius 3 is 2.71 bits per heavy atom. The molecular weight excluding hydrogens is 268 g/mol. The van der Waals surface area contributed by atoms with Crippen LogP contribution in [0.2, 0.25) is 0 Å². The van der Waals surface area contributed by atoms with Gasteiger partial charge in [0.05, 0.1) is 26.5 Å². The maximum atomic E-state index is 9.20. The molecule has 0 aliphatic carbocycles. The molecule has 3 aromatic rings. The minimum atomic E-state index is 0.00116. The molecule has 5 nitrogen and oxygen atoms in total. The van der Waals surface area contributed by atoms with Crippen LogP contribution in [0.4, 0.5) is 0 Å². The Morgan fingerprint density at radius 1 is 1.14 bits per heavy atom. The van der Waals surface area contributed by atoms with Gasteiger partial charge in [0.25, 0.3) is 0 Å². The minimum Gasteiger partial charge on any atom is -0.497 e. The van der Waals surface area contributed by atoms with Crippen molar-refractivity contribution in [1.29, 1.82) is 0 Å². The number of hydrogen-bond donors (Lipinski definition) is 1. The summed E-state index contributed by atoms with van der Waals surface area (Å²) in [7, 11) is 3.26. The summed E-state index contributed by atoms with van der Waals surface area (Å²) in [5.74, 6) is 1.49. The molecule has 0 aliphatic rings. The van der Waals surface area contributed by atoms with Crippen LogP contribution in [-0.2, 0) is 6.61 Å². The smallest absolute Gasteiger partial charge is 0.137 e. The van der Waals surface area contributed by atoms with Crippen molar-refractivity contribution in [2.24, 2.45) is 0 Å². The van der Waals surface area contributed by atoms with E-state index in [1.165, 1.54) is 0 Å². The molecule has 0 unspecified atom stereocenters. The summed E-state index contributed by atoms with van der Waals surface area (Å²) in [5.41, 5.74) is 3.27. The van der Waals surface area contributed by atoms with E-state index in [9.17, 15) is 5.11 Å². The number of aromatic nitrogens is 2. The summed E-state index contributed by atoms with van der Waals surface area (Å²) in [6, 6.07) is 9.32. The third-order valence-electron chi connectivity index (χ3n) is 3.39. The van der Waals surface area contributed by atoms with E-state index in [1.807, 2.05) is 47.1 Å². The molecule has 1 N–H and O–H groups in total. The van der Waals surface area contributed by atoms with Gasteiger partial charge in [0.15, 0.2) is 0 Å². The van der Waals surface area contributed by atoms with Crippen molar-refractivity contribution in [3.63, 3.8) is 0 Å². The first-order valence-corrected chi connectivity index (χ1v) is 6.56. The average molecular weight is 284 g/mol. The number of hydrogen-bond acceptors (Lipinski definition) is 4. The quantitative estimate of drug-likeness (QED) is 0.800. The van der Waals surface area contributed by atoms with Crippen LogP contribution in [0.15, 0.2) is 42.7 Å². The number of methoxy groups -OCH3 is 2. The third-order valence-corrected chi connectivity index (χ3v) is 3.39. The zero-order chi connectivity index (χ0) is 14.8. The fourth-order valence-electron chi connectivity index (χ4n) is 2.27. The minimum absolute atomic E-state index is 0.00116. The van der Waals surface area contributed by atoms with Crippen LogP contribution in [0.3, 0.4) is 0 Å². The van der Waals surface area contributed by atoms with E-state index in [-0.39, 0.29) is 6.61 Å². The van der Waals surface area contributed by atoms with Gasteiger partial charge in [0.1, 0.15) is 17.1 Å². The van der Waals surface area contributed by atoms with Crippen molar-refractivity contribution in [3.05, 3.63) is 48.3 Å². The number of aliphatic hydroxyl groups is 1. The summed E-state index contributed by atoms with van der Waals surface area (Å²) < 4.78 is 12.6. The molecule has 2 heterocycles. The number of imidazole rings is 1. The molecule has 0 amide bonds. The van der Waals surface area contributed by atoms with E-state index in [0.717, 1.165) is 34.0 Å². The van der Waals surface area contributed by atoms with Gasteiger partial charge in [-0.15, -0.1) is 0 Å². The van der Waals surface area contributed by atoms with Crippen LogP contribution < -0.4 is 9.47 Å². The van der Waals surface area contributed by atoms with Gasteiger partial charge in [-0.05, 0) is 35.9 Å². The van der Waals surface area contributed by atoms with Crippen LogP contribution in [0.25, 0.3) is 16.9 Å². The van der Waals surface area contributed by atoms with Crippen LogP contribution in [0, 0.1) is 0 Å². The summed E-state index contributed by atoms with van der Waals surface area (Å²) >= 11 is 0. The lowest BCUT2D eigenvalue weighted by Gasteiger charge is -2.08. The SMILES string of the molecule is COc1ccc(OC)c(-c2cn3ccc(CO)cc3n2)c1. The molecule has 108 valence electrons. The molecule has 3 rings (SSSR count). The Morgan fingerprint density at radius 2 is 2.00 bits per heavy atom. The van der Waals surface area contributed by atoms with E-state index < -0.39 is 0 Å². The van der Waals surface area contributed by atoms with Crippen LogP contribution in [-0.4, -0.2) is 28.7 Å². The maximum Gasteiger partial charge on any atom is 0.137 e. The molecule has 0 saturated heterocycles. The second kappa shape index (κ2) is 5.46. The molecule has 0 bridgehead atoms. The Bertz CT molecular complexity index is 780. The van der Waals surface area contributed by atoms with E-state index in [2.05, 4.69) is 4.98 Å². The highest BCUT2D eigenvalue weighted by Crippen LogP contribution is 2.32. The van der Waals surface area contributed by atoms with Gasteiger partial charge in [0.2, 0.25) is 0 Å². The van der Waals surface area contributed by atoms with Crippen LogP contribution >= 0.6 is 0 Å². The van der Waals surface area contributed by atoms with Gasteiger partial charge >= 0.3 is 0 Å². The highest BCUT2D eigenvalue weighted by molar-refractivity contribution is 5.71. The van der Waals surface area contributed by atoms with Crippen molar-refractivity contribution >= 4 is 5.65 Å². The first-order valence-electron chi connectivity index (χ1n) is 6.56. The Hall–Kier alpha value is -2.53. The average Bonchev–Trinajstić information content (AvgIpc) is 2.96. The molecule has 0 atom stereocenters. The number of fused-ring (bicyclic) bond motifs is 1. The Kier molecular flexibility index (Phi) is 3.50. The van der Waals surface area contributed by atoms with Gasteiger partial charge in [-0.3, -0.25) is 0 Å². The number of aliphatic hydroxyl groups excluding tert-OH is 1. The number of pyridine rings is 1. The zero-order valence-corrected chi connectivity index (χ0v) is 11.9. The number of nitrogens with zero attached hydrogens (tertiary/aromatic N) is 2. The van der Waals surface area contributed by atoms with Gasteiger partial charge in [-0.25, -0.2) is 4.98 Å². The highest BCUT2D eigenvalue weighted by Gasteiger charge is 2.11. The second-order valence-electron chi connectivity index (χ2n) is 4.65. The van der Waals surface area contributed by atoms with Crippen molar-refractivity contribution in [3.8, 4) is 22.8 Å². The first kappa shape index (κ1) is 13.5. The van der Waals surface area contributed by atoms with Crippen molar-refractivity contribution < 1.29 is 14.6 Å². The van der Waals surface area contributed by atoms with Crippen molar-refractivity contribution in [1.82, 2.24) is 9.38 Å². The van der Waals surface area contributed by atoms with Crippen molar-refractivity contribution in [2.45, 2.75) is 6.61 Å². The molecule has 2 aromatic heterocycles. The molecular formula is C16H16N2O3. The predicted octanol–water partition coefficient (Wildman–Crippen LogP) is 2.51. The Labute approximate surface area is 122 Å². The second-order valence-corrected chi connectivity index (χ2v) is 4.65. The fraction of sp³-hybridized carbons (Fsp3) is 0.188. The summed E-state index contributed by atoms with van der Waals surface area (Å²) in [5, 5.41) is 9.20. The molecule has 0 saturated carbocycles. The summed E-state index contributed by atoms with van der Waals surface area (Å²) in [6.45, 7) is 0.00116. The lowest BCUT2D eigenvalue weighted by Crippen LogP contribution is -1.90. The monoisotopic (exact) mass is 284 g/mol. The standard InChI is InChI=1S/C16H16N2O3/c1-20-12-3-4-15(21-2)13(8-12)14-9-18-6-5-11(10-19)7-16(18)17-14/h3-9,19H,10H2,1-2H3. The van der Waals surface area contributed by atoms with Gasteiger partial charge in [-0.2, -0.15) is 0 Å². The molecule has 0 spiro atoms. The first-order chi connectivity index (χ1) is 10.2. The topological polar surface area (TPSA) is 56.0 Å². The lowest BCUT2D eigenvalue weighted by molar-refractivity contribution is 0.282. The molecule has 5 heteroatoms. The Balaban J connectivity index is 2.15.